The van der Waals surface area contributed by atoms with Crippen molar-refractivity contribution in [1.29, 1.82) is 0 Å². The van der Waals surface area contributed by atoms with E-state index >= 15 is 0 Å². The standard InChI is InChI=1S/C10H17N3O/c1-3-5-11-7-9-4-6-12-10(13-9)8-14-2/h4,6,11H,3,5,7-8H2,1-2H3. The van der Waals surface area contributed by atoms with Gasteiger partial charge in [-0.05, 0) is 19.0 Å². The third kappa shape index (κ3) is 3.81. The van der Waals surface area contributed by atoms with E-state index in [1.807, 2.05) is 6.07 Å². The van der Waals surface area contributed by atoms with Crippen LogP contribution in [0.1, 0.15) is 24.9 Å². The van der Waals surface area contributed by atoms with Gasteiger partial charge >= 0.3 is 0 Å². The molecule has 4 heteroatoms. The molecule has 14 heavy (non-hydrogen) atoms. The zero-order valence-electron chi connectivity index (χ0n) is 8.79. The molecular weight excluding hydrogens is 178 g/mol. The van der Waals surface area contributed by atoms with Crippen molar-refractivity contribution >= 4 is 0 Å². The quantitative estimate of drug-likeness (QED) is 0.691. The lowest BCUT2D eigenvalue weighted by atomic mass is 10.4. The summed E-state index contributed by atoms with van der Waals surface area (Å²) in [5.41, 5.74) is 1.01. The normalized spacial score (nSPS) is 10.4. The number of aromatic nitrogens is 2. The summed E-state index contributed by atoms with van der Waals surface area (Å²) in [5, 5.41) is 3.29. The Labute approximate surface area is 84.7 Å². The van der Waals surface area contributed by atoms with E-state index in [9.17, 15) is 0 Å². The van der Waals surface area contributed by atoms with Gasteiger partial charge in [-0.2, -0.15) is 0 Å². The lowest BCUT2D eigenvalue weighted by molar-refractivity contribution is 0.177. The maximum Gasteiger partial charge on any atom is 0.154 e. The van der Waals surface area contributed by atoms with E-state index in [2.05, 4.69) is 22.2 Å². The van der Waals surface area contributed by atoms with Crippen molar-refractivity contribution in [2.24, 2.45) is 0 Å². The van der Waals surface area contributed by atoms with E-state index in [4.69, 9.17) is 4.74 Å². The van der Waals surface area contributed by atoms with Gasteiger partial charge in [0.15, 0.2) is 5.82 Å². The number of nitrogens with zero attached hydrogens (tertiary/aromatic N) is 2. The van der Waals surface area contributed by atoms with Crippen LogP contribution in [0.15, 0.2) is 12.3 Å². The van der Waals surface area contributed by atoms with E-state index in [-0.39, 0.29) is 0 Å². The molecule has 4 nitrogen and oxygen atoms in total. The van der Waals surface area contributed by atoms with Crippen molar-refractivity contribution in [3.05, 3.63) is 23.8 Å². The van der Waals surface area contributed by atoms with E-state index in [0.29, 0.717) is 6.61 Å². The van der Waals surface area contributed by atoms with Crippen LogP contribution in [-0.2, 0) is 17.9 Å². The fourth-order valence-corrected chi connectivity index (χ4v) is 1.13. The van der Waals surface area contributed by atoms with E-state index < -0.39 is 0 Å². The van der Waals surface area contributed by atoms with Crippen molar-refractivity contribution in [3.63, 3.8) is 0 Å². The van der Waals surface area contributed by atoms with Crippen LogP contribution in [0.4, 0.5) is 0 Å². The molecule has 0 aliphatic rings. The van der Waals surface area contributed by atoms with Crippen molar-refractivity contribution in [2.75, 3.05) is 13.7 Å². The summed E-state index contributed by atoms with van der Waals surface area (Å²) in [6.07, 6.45) is 2.90. The van der Waals surface area contributed by atoms with E-state index in [1.54, 1.807) is 13.3 Å². The van der Waals surface area contributed by atoms with Crippen LogP contribution in [0.2, 0.25) is 0 Å². The molecule has 0 saturated carbocycles. The molecular formula is C10H17N3O. The van der Waals surface area contributed by atoms with Gasteiger partial charge in [0, 0.05) is 19.9 Å². The SMILES string of the molecule is CCCNCc1ccnc(COC)n1. The second kappa shape index (κ2) is 6.45. The predicted molar refractivity (Wildman–Crippen MR) is 54.7 cm³/mol. The summed E-state index contributed by atoms with van der Waals surface area (Å²) in [6, 6.07) is 1.92. The third-order valence-electron chi connectivity index (χ3n) is 1.77. The van der Waals surface area contributed by atoms with Gasteiger partial charge in [0.2, 0.25) is 0 Å². The maximum atomic E-state index is 4.96. The van der Waals surface area contributed by atoms with Gasteiger partial charge in [-0.25, -0.2) is 9.97 Å². The summed E-state index contributed by atoms with van der Waals surface area (Å²) in [4.78, 5) is 8.43. The van der Waals surface area contributed by atoms with Gasteiger partial charge < -0.3 is 10.1 Å². The minimum Gasteiger partial charge on any atom is -0.377 e. The van der Waals surface area contributed by atoms with Gasteiger partial charge in [0.1, 0.15) is 6.61 Å². The number of hydrogen-bond donors (Lipinski definition) is 1. The molecule has 0 spiro atoms. The molecule has 0 unspecified atom stereocenters. The average Bonchev–Trinajstić information content (AvgIpc) is 2.19. The van der Waals surface area contributed by atoms with Crippen molar-refractivity contribution in [1.82, 2.24) is 15.3 Å². The molecule has 0 bridgehead atoms. The molecule has 1 rings (SSSR count). The fraction of sp³-hybridized carbons (Fsp3) is 0.600. The van der Waals surface area contributed by atoms with E-state index in [0.717, 1.165) is 31.0 Å². The Morgan fingerprint density at radius 2 is 2.36 bits per heavy atom. The topological polar surface area (TPSA) is 47.0 Å². The second-order valence-corrected chi connectivity index (χ2v) is 3.07. The number of hydrogen-bond acceptors (Lipinski definition) is 4. The highest BCUT2D eigenvalue weighted by Crippen LogP contribution is 1.96. The van der Waals surface area contributed by atoms with Crippen LogP contribution in [0, 0.1) is 0 Å². The number of methoxy groups -OCH3 is 1. The van der Waals surface area contributed by atoms with Crippen molar-refractivity contribution in [2.45, 2.75) is 26.5 Å². The minimum atomic E-state index is 0.474. The Morgan fingerprint density at radius 3 is 3.07 bits per heavy atom. The molecule has 0 saturated heterocycles. The summed E-state index contributed by atoms with van der Waals surface area (Å²) < 4.78 is 4.96. The Balaban J connectivity index is 2.46. The molecule has 0 radical (unpaired) electrons. The minimum absolute atomic E-state index is 0.474. The number of nitrogens with one attached hydrogen (secondary N) is 1. The van der Waals surface area contributed by atoms with Crippen LogP contribution in [0.5, 0.6) is 0 Å². The molecule has 0 atom stereocenters. The fourth-order valence-electron chi connectivity index (χ4n) is 1.13. The molecule has 1 aromatic heterocycles. The van der Waals surface area contributed by atoms with E-state index in [1.165, 1.54) is 0 Å². The molecule has 78 valence electrons. The smallest absolute Gasteiger partial charge is 0.154 e. The lowest BCUT2D eigenvalue weighted by Gasteiger charge is -2.03. The molecule has 1 N–H and O–H groups in total. The monoisotopic (exact) mass is 195 g/mol. The van der Waals surface area contributed by atoms with Crippen molar-refractivity contribution < 1.29 is 4.74 Å². The number of ether oxygens (including phenoxy) is 1. The molecule has 0 aliphatic heterocycles. The first-order valence-electron chi connectivity index (χ1n) is 4.87. The van der Waals surface area contributed by atoms with Crippen molar-refractivity contribution in [3.8, 4) is 0 Å². The molecule has 1 heterocycles. The molecule has 0 aromatic carbocycles. The molecule has 0 fully saturated rings. The first-order valence-corrected chi connectivity index (χ1v) is 4.87. The first kappa shape index (κ1) is 11.1. The van der Waals surface area contributed by atoms with Gasteiger partial charge in [-0.3, -0.25) is 0 Å². The van der Waals surface area contributed by atoms with Gasteiger partial charge in [-0.15, -0.1) is 0 Å². The van der Waals surface area contributed by atoms with Crippen LogP contribution >= 0.6 is 0 Å². The van der Waals surface area contributed by atoms with Crippen LogP contribution < -0.4 is 5.32 Å². The van der Waals surface area contributed by atoms with Crippen LogP contribution in [0.3, 0.4) is 0 Å². The summed E-state index contributed by atoms with van der Waals surface area (Å²) in [7, 11) is 1.64. The van der Waals surface area contributed by atoms with Gasteiger partial charge in [0.05, 0.1) is 5.69 Å². The average molecular weight is 195 g/mol. The summed E-state index contributed by atoms with van der Waals surface area (Å²) in [6.45, 7) is 4.43. The Hall–Kier alpha value is -1.00. The lowest BCUT2D eigenvalue weighted by Crippen LogP contribution is -2.15. The second-order valence-electron chi connectivity index (χ2n) is 3.07. The zero-order chi connectivity index (χ0) is 10.2. The summed E-state index contributed by atoms with van der Waals surface area (Å²) >= 11 is 0. The zero-order valence-corrected chi connectivity index (χ0v) is 8.79. The molecule has 0 aliphatic carbocycles. The highest BCUT2D eigenvalue weighted by molar-refractivity contribution is 5.01. The number of rotatable bonds is 6. The Bertz CT molecular complexity index is 265. The predicted octanol–water partition coefficient (Wildman–Crippen LogP) is 1.12. The third-order valence-corrected chi connectivity index (χ3v) is 1.77. The Morgan fingerprint density at radius 1 is 1.50 bits per heavy atom. The van der Waals surface area contributed by atoms with Crippen LogP contribution in [-0.4, -0.2) is 23.6 Å². The van der Waals surface area contributed by atoms with Crippen LogP contribution in [0.25, 0.3) is 0 Å². The maximum absolute atomic E-state index is 4.96. The van der Waals surface area contributed by atoms with Gasteiger partial charge in [0.25, 0.3) is 0 Å². The van der Waals surface area contributed by atoms with Gasteiger partial charge in [-0.1, -0.05) is 6.92 Å². The molecule has 1 aromatic rings. The largest absolute Gasteiger partial charge is 0.377 e. The summed E-state index contributed by atoms with van der Waals surface area (Å²) in [5.74, 6) is 0.739. The highest BCUT2D eigenvalue weighted by atomic mass is 16.5. The molecule has 0 amide bonds. The highest BCUT2D eigenvalue weighted by Gasteiger charge is 1.97. The Kier molecular flexibility index (Phi) is 5.11. The first-order chi connectivity index (χ1) is 6.86.